The molecule has 0 unspecified atom stereocenters. The van der Waals surface area contributed by atoms with Crippen LogP contribution in [0.1, 0.15) is 30.9 Å². The van der Waals surface area contributed by atoms with E-state index in [-0.39, 0.29) is 11.7 Å². The molecule has 0 aliphatic carbocycles. The molecule has 0 saturated carbocycles. The number of nitrogens with zero attached hydrogens (tertiary/aromatic N) is 3. The van der Waals surface area contributed by atoms with Crippen molar-refractivity contribution in [2.75, 3.05) is 6.54 Å². The molecule has 1 N–H and O–H groups in total. The van der Waals surface area contributed by atoms with Crippen LogP contribution in [-0.2, 0) is 0 Å². The van der Waals surface area contributed by atoms with Gasteiger partial charge in [0.2, 0.25) is 5.82 Å². The Bertz CT molecular complexity index is 286. The minimum Gasteiger partial charge on any atom is -0.349 e. The van der Waals surface area contributed by atoms with Gasteiger partial charge < -0.3 is 5.32 Å². The largest absolute Gasteiger partial charge is 0.349 e. The normalized spacial score (nSPS) is 10.2. The van der Waals surface area contributed by atoms with Crippen LogP contribution in [0.5, 0.6) is 0 Å². The monoisotopic (exact) mass is 194 g/mol. The van der Waals surface area contributed by atoms with Crippen LogP contribution in [0.2, 0.25) is 0 Å². The number of amides is 1. The molecule has 0 bridgehead atoms. The maximum absolute atomic E-state index is 11.4. The van der Waals surface area contributed by atoms with E-state index in [0.29, 0.717) is 12.5 Å². The van der Waals surface area contributed by atoms with Gasteiger partial charge in [-0.15, -0.1) is 5.10 Å². The third kappa shape index (κ3) is 3.47. The van der Waals surface area contributed by atoms with Crippen molar-refractivity contribution in [3.63, 3.8) is 0 Å². The fourth-order valence-corrected chi connectivity index (χ4v) is 0.905. The van der Waals surface area contributed by atoms with Crippen molar-refractivity contribution in [3.05, 3.63) is 18.2 Å². The van der Waals surface area contributed by atoms with E-state index in [1.807, 2.05) is 0 Å². The quantitative estimate of drug-likeness (QED) is 0.764. The number of rotatable bonds is 4. The molecular formula is C9H14N4O. The van der Waals surface area contributed by atoms with Crippen LogP contribution < -0.4 is 5.32 Å². The maximum Gasteiger partial charge on any atom is 0.290 e. The number of carbonyl (C=O) groups excluding carboxylic acids is 1. The Morgan fingerprint density at radius 3 is 2.86 bits per heavy atom. The van der Waals surface area contributed by atoms with Crippen molar-refractivity contribution in [1.82, 2.24) is 20.5 Å². The molecule has 0 fully saturated rings. The molecule has 1 amide bonds. The Labute approximate surface area is 83.0 Å². The average molecular weight is 194 g/mol. The lowest BCUT2D eigenvalue weighted by Gasteiger charge is -2.05. The van der Waals surface area contributed by atoms with Gasteiger partial charge in [0.1, 0.15) is 0 Å². The molecule has 0 saturated heterocycles. The lowest BCUT2D eigenvalue weighted by molar-refractivity contribution is 0.0940. The number of hydrogen-bond acceptors (Lipinski definition) is 4. The highest BCUT2D eigenvalue weighted by atomic mass is 16.2. The first-order valence-electron chi connectivity index (χ1n) is 4.62. The van der Waals surface area contributed by atoms with Crippen LogP contribution in [-0.4, -0.2) is 27.6 Å². The molecule has 0 aliphatic rings. The number of aromatic nitrogens is 3. The second-order valence-electron chi connectivity index (χ2n) is 3.40. The first-order valence-corrected chi connectivity index (χ1v) is 4.62. The van der Waals surface area contributed by atoms with Gasteiger partial charge in [0, 0.05) is 12.7 Å². The molecule has 0 aliphatic heterocycles. The van der Waals surface area contributed by atoms with Crippen LogP contribution in [0, 0.1) is 5.92 Å². The summed E-state index contributed by atoms with van der Waals surface area (Å²) in [5.41, 5.74) is 0. The molecule has 5 heteroatoms. The van der Waals surface area contributed by atoms with E-state index in [1.54, 1.807) is 0 Å². The van der Waals surface area contributed by atoms with Gasteiger partial charge in [-0.3, -0.25) is 4.79 Å². The Balaban J connectivity index is 2.36. The predicted octanol–water partition coefficient (Wildman–Crippen LogP) is 0.647. The topological polar surface area (TPSA) is 67.8 Å². The Morgan fingerprint density at radius 1 is 1.50 bits per heavy atom. The summed E-state index contributed by atoms with van der Waals surface area (Å²) in [5.74, 6) is 0.431. The smallest absolute Gasteiger partial charge is 0.290 e. The number of nitrogens with one attached hydrogen (secondary N) is 1. The molecule has 0 radical (unpaired) electrons. The summed E-state index contributed by atoms with van der Waals surface area (Å²) in [6.45, 7) is 4.86. The number of hydrogen-bond donors (Lipinski definition) is 1. The molecule has 1 heterocycles. The summed E-state index contributed by atoms with van der Waals surface area (Å²) in [7, 11) is 0. The van der Waals surface area contributed by atoms with E-state index in [0.717, 1.165) is 6.42 Å². The van der Waals surface area contributed by atoms with Crippen molar-refractivity contribution in [3.8, 4) is 0 Å². The van der Waals surface area contributed by atoms with Crippen molar-refractivity contribution in [1.29, 1.82) is 0 Å². The van der Waals surface area contributed by atoms with Crippen LogP contribution in [0.4, 0.5) is 0 Å². The third-order valence-electron chi connectivity index (χ3n) is 1.69. The Morgan fingerprint density at radius 2 is 2.29 bits per heavy atom. The molecule has 0 aromatic carbocycles. The van der Waals surface area contributed by atoms with Gasteiger partial charge in [-0.1, -0.05) is 13.8 Å². The minimum absolute atomic E-state index is 0.122. The van der Waals surface area contributed by atoms with E-state index in [4.69, 9.17) is 0 Å². The second kappa shape index (κ2) is 5.26. The highest BCUT2D eigenvalue weighted by molar-refractivity contribution is 5.90. The molecule has 14 heavy (non-hydrogen) atoms. The first-order chi connectivity index (χ1) is 6.70. The van der Waals surface area contributed by atoms with Gasteiger partial charge in [0.05, 0.1) is 6.20 Å². The molecule has 0 spiro atoms. The van der Waals surface area contributed by atoms with Gasteiger partial charge >= 0.3 is 0 Å². The zero-order valence-electron chi connectivity index (χ0n) is 8.40. The summed E-state index contributed by atoms with van der Waals surface area (Å²) in [6, 6.07) is 0. The van der Waals surface area contributed by atoms with Crippen LogP contribution in [0.25, 0.3) is 0 Å². The molecule has 1 aromatic heterocycles. The van der Waals surface area contributed by atoms with Crippen molar-refractivity contribution in [2.45, 2.75) is 20.3 Å². The van der Waals surface area contributed by atoms with Gasteiger partial charge in [-0.2, -0.15) is 5.10 Å². The molecule has 76 valence electrons. The standard InChI is InChI=1S/C9H14N4O/c1-7(2)3-4-11-9(14)8-10-5-6-12-13-8/h5-7H,3-4H2,1-2H3,(H,11,14). The Kier molecular flexibility index (Phi) is 3.97. The second-order valence-corrected chi connectivity index (χ2v) is 3.40. The van der Waals surface area contributed by atoms with Crippen molar-refractivity contribution in [2.24, 2.45) is 5.92 Å². The van der Waals surface area contributed by atoms with Gasteiger partial charge in [-0.05, 0) is 12.3 Å². The molecule has 5 nitrogen and oxygen atoms in total. The van der Waals surface area contributed by atoms with Gasteiger partial charge in [0.25, 0.3) is 5.91 Å². The zero-order chi connectivity index (χ0) is 10.4. The van der Waals surface area contributed by atoms with Gasteiger partial charge in [0.15, 0.2) is 0 Å². The molecular weight excluding hydrogens is 180 g/mol. The van der Waals surface area contributed by atoms with E-state index in [2.05, 4.69) is 34.3 Å². The SMILES string of the molecule is CC(C)CCNC(=O)c1nccnn1. The zero-order valence-corrected chi connectivity index (χ0v) is 8.40. The lowest BCUT2D eigenvalue weighted by Crippen LogP contribution is -2.27. The average Bonchev–Trinajstić information content (AvgIpc) is 2.18. The van der Waals surface area contributed by atoms with E-state index < -0.39 is 0 Å². The van der Waals surface area contributed by atoms with Crippen LogP contribution in [0.3, 0.4) is 0 Å². The molecule has 1 aromatic rings. The summed E-state index contributed by atoms with van der Waals surface area (Å²) in [4.78, 5) is 15.1. The summed E-state index contributed by atoms with van der Waals surface area (Å²) >= 11 is 0. The summed E-state index contributed by atoms with van der Waals surface area (Å²) in [6.07, 6.45) is 3.83. The lowest BCUT2D eigenvalue weighted by atomic mass is 10.1. The highest BCUT2D eigenvalue weighted by Gasteiger charge is 2.07. The van der Waals surface area contributed by atoms with Gasteiger partial charge in [-0.25, -0.2) is 4.98 Å². The summed E-state index contributed by atoms with van der Waals surface area (Å²) in [5, 5.41) is 9.91. The van der Waals surface area contributed by atoms with Crippen molar-refractivity contribution >= 4 is 5.91 Å². The van der Waals surface area contributed by atoms with E-state index in [1.165, 1.54) is 12.4 Å². The minimum atomic E-state index is -0.265. The Hall–Kier alpha value is -1.52. The van der Waals surface area contributed by atoms with Crippen LogP contribution in [0.15, 0.2) is 12.4 Å². The fraction of sp³-hybridized carbons (Fsp3) is 0.556. The van der Waals surface area contributed by atoms with Crippen LogP contribution >= 0.6 is 0 Å². The van der Waals surface area contributed by atoms with E-state index in [9.17, 15) is 4.79 Å². The highest BCUT2D eigenvalue weighted by Crippen LogP contribution is 1.96. The molecule has 1 rings (SSSR count). The molecule has 0 atom stereocenters. The summed E-state index contributed by atoms with van der Waals surface area (Å²) < 4.78 is 0. The predicted molar refractivity (Wildman–Crippen MR) is 51.6 cm³/mol. The maximum atomic E-state index is 11.4. The van der Waals surface area contributed by atoms with Crippen molar-refractivity contribution < 1.29 is 4.79 Å². The fourth-order valence-electron chi connectivity index (χ4n) is 0.905. The number of carbonyl (C=O) groups is 1. The van der Waals surface area contributed by atoms with E-state index >= 15 is 0 Å². The first kappa shape index (κ1) is 10.6. The third-order valence-corrected chi connectivity index (χ3v) is 1.69.